The molecule has 0 aliphatic heterocycles. The maximum atomic E-state index is 10.6. The number of nitrogens with one attached hydrogen (secondary N) is 1. The Kier molecular flexibility index (Phi) is 4.35. The number of amides is 3. The minimum atomic E-state index is -0.614. The van der Waals surface area contributed by atoms with Crippen LogP contribution >= 0.6 is 0 Å². The number of benzene rings is 1. The van der Waals surface area contributed by atoms with Gasteiger partial charge in [-0.15, -0.1) is 0 Å². The first-order chi connectivity index (χ1) is 7.08. The van der Waals surface area contributed by atoms with Crippen LogP contribution in [0.25, 0.3) is 0 Å². The number of halogens is 1. The Morgan fingerprint density at radius 1 is 1.20 bits per heavy atom. The fourth-order valence-electron chi connectivity index (χ4n) is 0.962. The van der Waals surface area contributed by atoms with Crippen molar-refractivity contribution in [3.05, 3.63) is 29.8 Å². The molecule has 5 nitrogen and oxygen atoms in total. The summed E-state index contributed by atoms with van der Waals surface area (Å²) in [6.45, 7) is 0. The van der Waals surface area contributed by atoms with Gasteiger partial charge in [0.15, 0.2) is 0 Å². The summed E-state index contributed by atoms with van der Waals surface area (Å²) in [5.74, 6) is 0. The molecule has 0 aliphatic rings. The van der Waals surface area contributed by atoms with Crippen LogP contribution in [0.2, 0.25) is 0 Å². The fraction of sp³-hybridized carbons (Fsp3) is 0.111. The van der Waals surface area contributed by atoms with E-state index in [0.717, 1.165) is 5.56 Å². The predicted molar refractivity (Wildman–Crippen MR) is 52.9 cm³/mol. The maximum absolute atomic E-state index is 10.6. The van der Waals surface area contributed by atoms with Crippen molar-refractivity contribution < 1.29 is 30.8 Å². The van der Waals surface area contributed by atoms with Crippen molar-refractivity contribution in [2.75, 3.05) is 5.32 Å². The number of alkyl halides is 1. The molecule has 0 aliphatic carbocycles. The molecule has 0 unspecified atom stereocenters. The Balaban J connectivity index is 2.56. The molecule has 0 fully saturated rings. The van der Waals surface area contributed by atoms with E-state index in [1.54, 1.807) is 12.1 Å². The average molecular weight is 320 g/mol. The topological polar surface area (TPSA) is 98.2 Å². The zero-order valence-electron chi connectivity index (χ0n) is 7.87. The van der Waals surface area contributed by atoms with Crippen LogP contribution in [0.4, 0.5) is 15.3 Å². The molecule has 0 atom stereocenters. The number of hydrogen-bond acceptors (Lipinski definition) is 2. The molecule has 6 heteroatoms. The predicted octanol–water partition coefficient (Wildman–Crippen LogP) is -2.16. The van der Waals surface area contributed by atoms with Gasteiger partial charge in [-0.1, -0.05) is 0 Å². The zero-order valence-corrected chi connectivity index (χ0v) is 10.0. The van der Waals surface area contributed by atoms with Crippen LogP contribution < -0.4 is 38.0 Å². The van der Waals surface area contributed by atoms with Crippen LogP contribution in [-0.4, -0.2) is 9.95 Å². The second-order valence-electron chi connectivity index (χ2n) is 2.76. The molecule has 1 aromatic rings. The average Bonchev–Trinajstić information content (AvgIpc) is 2.16. The molecule has 82 valence electrons. The van der Waals surface area contributed by atoms with Crippen LogP contribution in [0.5, 0.6) is 0 Å². The van der Waals surface area contributed by atoms with Crippen LogP contribution in [-0.2, 0) is 4.43 Å². The summed E-state index contributed by atoms with van der Waals surface area (Å²) >= 11 is -0.614. The fourth-order valence-corrected chi connectivity index (χ4v) is 2.29. The van der Waals surface area contributed by atoms with Crippen LogP contribution in [0.1, 0.15) is 5.56 Å². The van der Waals surface area contributed by atoms with Crippen molar-refractivity contribution in [2.45, 2.75) is 4.43 Å². The second-order valence-corrected chi connectivity index (χ2v) is 5.35. The summed E-state index contributed by atoms with van der Waals surface area (Å²) < 4.78 is 0.499. The number of carbonyl (C=O) groups is 2. The quantitative estimate of drug-likeness (QED) is 0.255. The number of anilines is 1. The SMILES string of the molecule is NC(=O)Nc1ccc(C[I-]C(N)=O)cc1. The molecule has 5 N–H and O–H groups in total. The standard InChI is InChI=1S/C9H11IN3O2/c11-8(14)10-5-6-1-3-7(4-2-6)13-9(12)15/h1-4H,5H2,(H2,11,14)(H3,12,13,15)/q-1. The third-order valence-corrected chi connectivity index (χ3v) is 3.59. The second kappa shape index (κ2) is 5.54. The molecule has 1 rings (SSSR count). The van der Waals surface area contributed by atoms with Crippen molar-refractivity contribution >= 4 is 15.6 Å². The van der Waals surface area contributed by atoms with Crippen molar-refractivity contribution in [3.63, 3.8) is 0 Å². The third-order valence-electron chi connectivity index (χ3n) is 1.57. The van der Waals surface area contributed by atoms with Gasteiger partial charge in [-0.3, -0.25) is 0 Å². The number of urea groups is 1. The summed E-state index contributed by atoms with van der Waals surface area (Å²) in [7, 11) is 0. The summed E-state index contributed by atoms with van der Waals surface area (Å²) in [4.78, 5) is 21.1. The molecule has 0 saturated carbocycles. The van der Waals surface area contributed by atoms with Crippen LogP contribution in [0, 0.1) is 0 Å². The van der Waals surface area contributed by atoms with Gasteiger partial charge in [-0.2, -0.15) is 0 Å². The number of carbonyl (C=O) groups excluding carboxylic acids is 2. The molecule has 3 amide bonds. The van der Waals surface area contributed by atoms with E-state index in [0.29, 0.717) is 10.1 Å². The Morgan fingerprint density at radius 3 is 2.27 bits per heavy atom. The van der Waals surface area contributed by atoms with Crippen molar-refractivity contribution in [3.8, 4) is 0 Å². The molecular formula is C9H11IN3O2-. The van der Waals surface area contributed by atoms with Gasteiger partial charge in [0.25, 0.3) is 0 Å². The van der Waals surface area contributed by atoms with Gasteiger partial charge in [0.2, 0.25) is 0 Å². The van der Waals surface area contributed by atoms with Crippen LogP contribution in [0.15, 0.2) is 24.3 Å². The first-order valence-corrected chi connectivity index (χ1v) is 6.72. The van der Waals surface area contributed by atoms with Gasteiger partial charge >= 0.3 is 97.5 Å². The summed E-state index contributed by atoms with van der Waals surface area (Å²) in [5.41, 5.74) is 11.7. The van der Waals surface area contributed by atoms with E-state index >= 15 is 0 Å². The van der Waals surface area contributed by atoms with Gasteiger partial charge in [-0.05, 0) is 0 Å². The van der Waals surface area contributed by atoms with Crippen molar-refractivity contribution in [1.82, 2.24) is 0 Å². The van der Waals surface area contributed by atoms with E-state index < -0.39 is 27.2 Å². The Labute approximate surface area is 97.5 Å². The van der Waals surface area contributed by atoms with Gasteiger partial charge < -0.3 is 0 Å². The molecule has 0 saturated heterocycles. The van der Waals surface area contributed by atoms with Gasteiger partial charge in [0, 0.05) is 0 Å². The van der Waals surface area contributed by atoms with E-state index in [2.05, 4.69) is 5.32 Å². The van der Waals surface area contributed by atoms with Crippen molar-refractivity contribution in [2.24, 2.45) is 11.5 Å². The van der Waals surface area contributed by atoms with E-state index in [1.165, 1.54) is 0 Å². The number of nitrogens with two attached hydrogens (primary N) is 2. The Hall–Kier alpha value is -1.31. The number of rotatable bonds is 4. The third kappa shape index (κ3) is 4.63. The number of hydrogen-bond donors (Lipinski definition) is 3. The number of primary amides is 2. The van der Waals surface area contributed by atoms with Gasteiger partial charge in [-0.25, -0.2) is 0 Å². The summed E-state index contributed by atoms with van der Waals surface area (Å²) in [6, 6.07) is 6.57. The van der Waals surface area contributed by atoms with E-state index in [4.69, 9.17) is 11.5 Å². The van der Waals surface area contributed by atoms with Gasteiger partial charge in [0.05, 0.1) is 0 Å². The summed E-state index contributed by atoms with van der Waals surface area (Å²) in [5, 5.41) is 2.45. The molecule has 1 aromatic carbocycles. The minimum absolute atomic E-state index is 0.215. The molecule has 15 heavy (non-hydrogen) atoms. The Morgan fingerprint density at radius 2 is 1.80 bits per heavy atom. The molecule has 0 spiro atoms. The first kappa shape index (κ1) is 11.8. The molecule has 0 radical (unpaired) electrons. The molecule has 0 heterocycles. The molecule has 0 bridgehead atoms. The van der Waals surface area contributed by atoms with Crippen molar-refractivity contribution in [1.29, 1.82) is 0 Å². The van der Waals surface area contributed by atoms with Gasteiger partial charge in [0.1, 0.15) is 0 Å². The first-order valence-electron chi connectivity index (χ1n) is 4.12. The molecular weight excluding hydrogens is 309 g/mol. The monoisotopic (exact) mass is 320 g/mol. The Bertz CT molecular complexity index is 364. The van der Waals surface area contributed by atoms with E-state index in [1.807, 2.05) is 12.1 Å². The zero-order chi connectivity index (χ0) is 11.3. The van der Waals surface area contributed by atoms with E-state index in [-0.39, 0.29) is 3.91 Å². The normalized spacial score (nSPS) is 9.87. The summed E-state index contributed by atoms with van der Waals surface area (Å²) in [6.07, 6.45) is 0. The van der Waals surface area contributed by atoms with Crippen LogP contribution in [0.3, 0.4) is 0 Å². The molecule has 0 aromatic heterocycles. The van der Waals surface area contributed by atoms with E-state index in [9.17, 15) is 9.59 Å².